The number of hydroxylamine groups is 3. The Kier molecular flexibility index (Phi) is 8.06. The van der Waals surface area contributed by atoms with Gasteiger partial charge in [-0.15, -0.1) is 4.65 Å². The van der Waals surface area contributed by atoms with Crippen molar-refractivity contribution in [2.24, 2.45) is 0 Å². The Morgan fingerprint density at radius 2 is 1.71 bits per heavy atom. The number of piperidine rings is 1. The van der Waals surface area contributed by atoms with Crippen LogP contribution in [0.15, 0.2) is 60.7 Å². The summed E-state index contributed by atoms with van der Waals surface area (Å²) in [6.45, 7) is 4.66. The third kappa shape index (κ3) is 5.63. The zero-order chi connectivity index (χ0) is 24.8. The van der Waals surface area contributed by atoms with Crippen molar-refractivity contribution in [3.8, 4) is 0 Å². The fourth-order valence-electron chi connectivity index (χ4n) is 4.79. The first-order valence-electron chi connectivity index (χ1n) is 11.5. The first-order valence-corrected chi connectivity index (χ1v) is 11.5. The van der Waals surface area contributed by atoms with Gasteiger partial charge in [0.1, 0.15) is 25.2 Å². The number of hydrogen-bond acceptors (Lipinski definition) is 5. The number of anilines is 1. The highest BCUT2D eigenvalue weighted by atomic mass is 16.8. The minimum Gasteiger partial charge on any atom is -0.473 e. The number of quaternary nitrogens is 1. The zero-order valence-corrected chi connectivity index (χ0v) is 20.0. The molecule has 0 aliphatic carbocycles. The standard InChI is InChI=1S/C26H32N2O6/c1-4-23(29)27(21-13-9-6-10-14-21)22-16-18-28(19-26(22,2)33-3,34-25(32)24(30)31)17-15-20-11-7-5-8-12-20/h5-14,22H,4,15-19H2,1-3H3/p+1/t22-,26+,28?/m0/s1. The largest absolute Gasteiger partial charge is 0.473 e. The van der Waals surface area contributed by atoms with E-state index in [2.05, 4.69) is 0 Å². The van der Waals surface area contributed by atoms with Crippen LogP contribution in [-0.2, 0) is 30.4 Å². The average Bonchev–Trinajstić information content (AvgIpc) is 2.85. The van der Waals surface area contributed by atoms with E-state index in [9.17, 15) is 19.5 Å². The Morgan fingerprint density at radius 1 is 1.09 bits per heavy atom. The van der Waals surface area contributed by atoms with Gasteiger partial charge in [0.2, 0.25) is 5.91 Å². The summed E-state index contributed by atoms with van der Waals surface area (Å²) in [5, 5.41) is 9.22. The van der Waals surface area contributed by atoms with E-state index in [1.165, 1.54) is 0 Å². The SMILES string of the molecule is CCC(=O)N(c1ccccc1)[C@H]1CC[N+](CCc2ccccc2)(OC(=O)C(=O)O)C[C@@]1(C)OC. The summed E-state index contributed by atoms with van der Waals surface area (Å²) in [5.74, 6) is -2.97. The molecule has 8 heteroatoms. The first-order chi connectivity index (χ1) is 16.2. The van der Waals surface area contributed by atoms with Crippen LogP contribution in [-0.4, -0.2) is 66.0 Å². The topological polar surface area (TPSA) is 93.1 Å². The summed E-state index contributed by atoms with van der Waals surface area (Å²) in [6, 6.07) is 18.9. The number of likely N-dealkylation sites (tertiary alicyclic amines) is 1. The van der Waals surface area contributed by atoms with E-state index < -0.39 is 17.5 Å². The van der Waals surface area contributed by atoms with E-state index in [0.29, 0.717) is 32.4 Å². The van der Waals surface area contributed by atoms with Crippen molar-refractivity contribution in [3.05, 3.63) is 66.2 Å². The number of carboxylic acids is 1. The molecule has 2 aromatic rings. The molecule has 1 aliphatic heterocycles. The molecule has 182 valence electrons. The summed E-state index contributed by atoms with van der Waals surface area (Å²) < 4.78 is 5.80. The summed E-state index contributed by atoms with van der Waals surface area (Å²) >= 11 is 0. The van der Waals surface area contributed by atoms with E-state index in [1.807, 2.05) is 74.5 Å². The summed E-state index contributed by atoms with van der Waals surface area (Å²) in [4.78, 5) is 43.9. The van der Waals surface area contributed by atoms with Crippen LogP contribution < -0.4 is 4.90 Å². The van der Waals surface area contributed by atoms with Gasteiger partial charge in [0.25, 0.3) is 0 Å². The van der Waals surface area contributed by atoms with Gasteiger partial charge in [-0.1, -0.05) is 55.5 Å². The highest BCUT2D eigenvalue weighted by Crippen LogP contribution is 2.36. The maximum Gasteiger partial charge on any atom is 0.473 e. The predicted molar refractivity (Wildman–Crippen MR) is 127 cm³/mol. The minimum absolute atomic E-state index is 0.0358. The number of para-hydroxylation sites is 1. The van der Waals surface area contributed by atoms with E-state index in [1.54, 1.807) is 12.0 Å². The molecule has 0 saturated carbocycles. The van der Waals surface area contributed by atoms with Crippen LogP contribution in [0.5, 0.6) is 0 Å². The summed E-state index contributed by atoms with van der Waals surface area (Å²) in [5.41, 5.74) is 0.933. The maximum atomic E-state index is 13.1. The van der Waals surface area contributed by atoms with E-state index in [0.717, 1.165) is 11.3 Å². The Bertz CT molecular complexity index is 999. The number of carboxylic acid groups (broad SMARTS) is 1. The van der Waals surface area contributed by atoms with Crippen LogP contribution in [0.3, 0.4) is 0 Å². The van der Waals surface area contributed by atoms with Crippen LogP contribution in [0.25, 0.3) is 0 Å². The van der Waals surface area contributed by atoms with Gasteiger partial charge in [0.15, 0.2) is 0 Å². The smallest absolute Gasteiger partial charge is 0.473 e. The normalized spacial score (nSPS) is 24.3. The molecule has 0 spiro atoms. The van der Waals surface area contributed by atoms with Crippen molar-refractivity contribution < 1.29 is 33.7 Å². The molecule has 1 aliphatic rings. The lowest BCUT2D eigenvalue weighted by Gasteiger charge is -2.51. The highest BCUT2D eigenvalue weighted by molar-refractivity contribution is 6.28. The second-order valence-corrected chi connectivity index (χ2v) is 8.86. The number of carbonyl (C=O) groups is 3. The molecule has 2 aromatic carbocycles. The predicted octanol–water partition coefficient (Wildman–Crippen LogP) is 3.21. The number of amides is 1. The second kappa shape index (κ2) is 10.8. The van der Waals surface area contributed by atoms with Crippen molar-refractivity contribution in [3.63, 3.8) is 0 Å². The third-order valence-electron chi connectivity index (χ3n) is 6.60. The molecule has 3 atom stereocenters. The lowest BCUT2D eigenvalue weighted by molar-refractivity contribution is -1.10. The van der Waals surface area contributed by atoms with Gasteiger partial charge in [-0.05, 0) is 24.6 Å². The molecular formula is C26H33N2O6+. The molecule has 1 amide bonds. The van der Waals surface area contributed by atoms with Gasteiger partial charge in [0.05, 0.1) is 6.04 Å². The fourth-order valence-corrected chi connectivity index (χ4v) is 4.79. The van der Waals surface area contributed by atoms with E-state index >= 15 is 0 Å². The van der Waals surface area contributed by atoms with Crippen LogP contribution in [0, 0.1) is 0 Å². The van der Waals surface area contributed by atoms with Crippen LogP contribution in [0.1, 0.15) is 32.3 Å². The molecule has 0 radical (unpaired) electrons. The average molecular weight is 470 g/mol. The number of aliphatic carboxylic acids is 1. The Morgan fingerprint density at radius 3 is 2.26 bits per heavy atom. The minimum atomic E-state index is -1.63. The number of hydrogen-bond donors (Lipinski definition) is 1. The van der Waals surface area contributed by atoms with Crippen molar-refractivity contribution in [1.82, 2.24) is 0 Å². The van der Waals surface area contributed by atoms with Gasteiger partial charge in [-0.25, -0.2) is 9.59 Å². The Balaban J connectivity index is 1.94. The fraction of sp³-hybridized carbons (Fsp3) is 0.423. The number of methoxy groups -OCH3 is 1. The van der Waals surface area contributed by atoms with Crippen molar-refractivity contribution in [1.29, 1.82) is 0 Å². The molecule has 1 saturated heterocycles. The van der Waals surface area contributed by atoms with Gasteiger partial charge >= 0.3 is 11.9 Å². The number of carbonyl (C=O) groups excluding carboxylic acids is 2. The molecule has 34 heavy (non-hydrogen) atoms. The molecule has 0 aromatic heterocycles. The molecule has 1 heterocycles. The summed E-state index contributed by atoms with van der Waals surface area (Å²) in [6.07, 6.45) is 1.38. The Hall–Kier alpha value is -3.23. The first kappa shape index (κ1) is 25.4. The van der Waals surface area contributed by atoms with Gasteiger partial charge in [-0.2, -0.15) is 0 Å². The lowest BCUT2D eigenvalue weighted by atomic mass is 9.86. The lowest BCUT2D eigenvalue weighted by Crippen LogP contribution is -2.70. The van der Waals surface area contributed by atoms with Gasteiger partial charge in [0, 0.05) is 32.1 Å². The molecule has 8 nitrogen and oxygen atoms in total. The van der Waals surface area contributed by atoms with Crippen LogP contribution in [0.4, 0.5) is 5.69 Å². The number of nitrogens with zero attached hydrogens (tertiary/aromatic N) is 2. The molecule has 1 unspecified atom stereocenters. The quantitative estimate of drug-likeness (QED) is 0.471. The molecule has 1 fully saturated rings. The maximum absolute atomic E-state index is 13.1. The van der Waals surface area contributed by atoms with Crippen LogP contribution in [0.2, 0.25) is 0 Å². The highest BCUT2D eigenvalue weighted by Gasteiger charge is 2.54. The van der Waals surface area contributed by atoms with Crippen molar-refractivity contribution in [2.45, 2.75) is 44.8 Å². The molecule has 0 bridgehead atoms. The molecular weight excluding hydrogens is 436 g/mol. The zero-order valence-electron chi connectivity index (χ0n) is 20.0. The Labute approximate surface area is 200 Å². The van der Waals surface area contributed by atoms with E-state index in [-0.39, 0.29) is 23.1 Å². The second-order valence-electron chi connectivity index (χ2n) is 8.86. The number of rotatable bonds is 8. The van der Waals surface area contributed by atoms with E-state index in [4.69, 9.17) is 9.57 Å². The van der Waals surface area contributed by atoms with Crippen molar-refractivity contribution in [2.75, 3.05) is 31.6 Å². The van der Waals surface area contributed by atoms with Gasteiger partial charge < -0.3 is 14.7 Å². The molecule has 3 rings (SSSR count). The number of ether oxygens (including phenoxy) is 1. The van der Waals surface area contributed by atoms with Crippen LogP contribution >= 0.6 is 0 Å². The van der Waals surface area contributed by atoms with Gasteiger partial charge in [-0.3, -0.25) is 9.63 Å². The summed E-state index contributed by atoms with van der Waals surface area (Å²) in [7, 11) is 1.57. The third-order valence-corrected chi connectivity index (χ3v) is 6.60. The monoisotopic (exact) mass is 469 g/mol. The molecule has 1 N–H and O–H groups in total. The van der Waals surface area contributed by atoms with Crippen molar-refractivity contribution >= 4 is 23.5 Å². The number of benzene rings is 2.